The molecule has 1 aromatic rings. The topological polar surface area (TPSA) is 57.7 Å². The maximum absolute atomic E-state index is 12.1. The third-order valence-electron chi connectivity index (χ3n) is 4.03. The predicted molar refractivity (Wildman–Crippen MR) is 71.2 cm³/mol. The Bertz CT molecular complexity index is 546. The Labute approximate surface area is 117 Å². The van der Waals surface area contributed by atoms with Crippen molar-refractivity contribution in [3.05, 3.63) is 35.9 Å². The van der Waals surface area contributed by atoms with Crippen molar-refractivity contribution in [3.8, 4) is 0 Å². The average Bonchev–Trinajstić information content (AvgIpc) is 2.91. The first kappa shape index (κ1) is 13.0. The van der Waals surface area contributed by atoms with Gasteiger partial charge in [-0.25, -0.2) is 4.90 Å². The summed E-state index contributed by atoms with van der Waals surface area (Å²) in [5.74, 6) is -1.83. The second kappa shape index (κ2) is 4.83. The van der Waals surface area contributed by atoms with Gasteiger partial charge in [0.05, 0.1) is 11.8 Å². The predicted octanol–water partition coefficient (Wildman–Crippen LogP) is 0.650. The monoisotopic (exact) mass is 272 g/mol. The van der Waals surface area contributed by atoms with E-state index in [1.165, 1.54) is 6.92 Å². The maximum Gasteiger partial charge on any atom is 0.241 e. The Morgan fingerprint density at radius 1 is 1.10 bits per heavy atom. The summed E-state index contributed by atoms with van der Waals surface area (Å²) in [6.45, 7) is 3.09. The van der Waals surface area contributed by atoms with Crippen molar-refractivity contribution in [1.29, 1.82) is 0 Å². The number of rotatable bonds is 2. The van der Waals surface area contributed by atoms with Crippen LogP contribution >= 0.6 is 0 Å². The molecule has 2 fully saturated rings. The van der Waals surface area contributed by atoms with E-state index in [0.717, 1.165) is 17.0 Å². The first-order valence-electron chi connectivity index (χ1n) is 6.72. The summed E-state index contributed by atoms with van der Waals surface area (Å²) in [4.78, 5) is 38.5. The third kappa shape index (κ3) is 2.04. The van der Waals surface area contributed by atoms with E-state index in [1.807, 2.05) is 30.3 Å². The minimum atomic E-state index is -0.469. The molecule has 2 atom stereocenters. The summed E-state index contributed by atoms with van der Waals surface area (Å²) in [6.07, 6.45) is 0. The summed E-state index contributed by atoms with van der Waals surface area (Å²) in [5, 5.41) is 0. The number of imide groups is 3. The van der Waals surface area contributed by atoms with E-state index in [1.54, 1.807) is 0 Å². The van der Waals surface area contributed by atoms with Crippen LogP contribution in [0.4, 0.5) is 0 Å². The highest BCUT2D eigenvalue weighted by molar-refractivity contribution is 6.16. The molecule has 0 aliphatic carbocycles. The smallest absolute Gasteiger partial charge is 0.241 e. The molecule has 5 nitrogen and oxygen atoms in total. The Hall–Kier alpha value is -2.01. The molecule has 2 saturated heterocycles. The Kier molecular flexibility index (Phi) is 3.14. The van der Waals surface area contributed by atoms with E-state index >= 15 is 0 Å². The molecule has 20 heavy (non-hydrogen) atoms. The van der Waals surface area contributed by atoms with Crippen LogP contribution in [0.3, 0.4) is 0 Å². The number of fused-ring (bicyclic) bond motifs is 1. The zero-order valence-electron chi connectivity index (χ0n) is 11.3. The molecule has 3 amide bonds. The van der Waals surface area contributed by atoms with Gasteiger partial charge in [-0.15, -0.1) is 0 Å². The minimum Gasteiger partial charge on any atom is -0.297 e. The zero-order valence-corrected chi connectivity index (χ0v) is 11.3. The average molecular weight is 272 g/mol. The van der Waals surface area contributed by atoms with Gasteiger partial charge in [-0.1, -0.05) is 30.3 Å². The van der Waals surface area contributed by atoms with Crippen LogP contribution in [-0.2, 0) is 20.9 Å². The van der Waals surface area contributed by atoms with Gasteiger partial charge in [0.25, 0.3) is 0 Å². The standard InChI is InChI=1S/C15H16N2O3/c1-10(18)17-14(19)12-8-16(9-13(12)15(17)20)7-11-5-3-2-4-6-11/h2-6,12-13H,7-9H2,1H3. The molecule has 0 spiro atoms. The summed E-state index contributed by atoms with van der Waals surface area (Å²) >= 11 is 0. The quantitative estimate of drug-likeness (QED) is 0.742. The fourth-order valence-electron chi connectivity index (χ4n) is 3.11. The second-order valence-electron chi connectivity index (χ2n) is 5.42. The minimum absolute atomic E-state index is 0.330. The molecule has 0 bridgehead atoms. The van der Waals surface area contributed by atoms with Crippen molar-refractivity contribution < 1.29 is 14.4 Å². The number of amides is 3. The summed E-state index contributed by atoms with van der Waals surface area (Å²) in [6, 6.07) is 9.96. The van der Waals surface area contributed by atoms with Crippen LogP contribution in [0.2, 0.25) is 0 Å². The first-order valence-corrected chi connectivity index (χ1v) is 6.72. The van der Waals surface area contributed by atoms with Crippen LogP contribution in [0.15, 0.2) is 30.3 Å². The maximum atomic E-state index is 12.1. The van der Waals surface area contributed by atoms with Gasteiger partial charge in [0.15, 0.2) is 0 Å². The summed E-state index contributed by atoms with van der Waals surface area (Å²) in [5.41, 5.74) is 1.16. The lowest BCUT2D eigenvalue weighted by Gasteiger charge is -2.18. The molecule has 0 saturated carbocycles. The van der Waals surface area contributed by atoms with Crippen LogP contribution in [0, 0.1) is 11.8 Å². The first-order chi connectivity index (χ1) is 9.58. The van der Waals surface area contributed by atoms with Gasteiger partial charge in [-0.3, -0.25) is 19.3 Å². The molecule has 2 aliphatic rings. The van der Waals surface area contributed by atoms with Gasteiger partial charge in [-0.2, -0.15) is 0 Å². The highest BCUT2D eigenvalue weighted by atomic mass is 16.2. The number of nitrogens with zero attached hydrogens (tertiary/aromatic N) is 2. The van der Waals surface area contributed by atoms with Gasteiger partial charge in [0.1, 0.15) is 0 Å². The van der Waals surface area contributed by atoms with Crippen molar-refractivity contribution in [2.24, 2.45) is 11.8 Å². The highest BCUT2D eigenvalue weighted by Gasteiger charge is 2.53. The van der Waals surface area contributed by atoms with E-state index in [9.17, 15) is 14.4 Å². The second-order valence-corrected chi connectivity index (χ2v) is 5.42. The lowest BCUT2D eigenvalue weighted by Crippen LogP contribution is -2.38. The normalized spacial score (nSPS) is 26.1. The van der Waals surface area contributed by atoms with E-state index in [2.05, 4.69) is 4.90 Å². The largest absolute Gasteiger partial charge is 0.297 e. The fourth-order valence-corrected chi connectivity index (χ4v) is 3.11. The molecule has 2 aliphatic heterocycles. The third-order valence-corrected chi connectivity index (χ3v) is 4.03. The SMILES string of the molecule is CC(=O)N1C(=O)C2CN(Cc3ccccc3)CC2C1=O. The van der Waals surface area contributed by atoms with Crippen molar-refractivity contribution in [3.63, 3.8) is 0 Å². The zero-order chi connectivity index (χ0) is 14.3. The van der Waals surface area contributed by atoms with Crippen LogP contribution < -0.4 is 0 Å². The van der Waals surface area contributed by atoms with Crippen LogP contribution in [0.1, 0.15) is 12.5 Å². The molecule has 2 heterocycles. The lowest BCUT2D eigenvalue weighted by atomic mass is 10.00. The van der Waals surface area contributed by atoms with Crippen molar-refractivity contribution in [1.82, 2.24) is 9.80 Å². The lowest BCUT2D eigenvalue weighted by molar-refractivity contribution is -0.149. The van der Waals surface area contributed by atoms with Crippen molar-refractivity contribution in [2.75, 3.05) is 13.1 Å². The number of likely N-dealkylation sites (tertiary alicyclic amines) is 2. The number of carbonyl (C=O) groups excluding carboxylic acids is 3. The fraction of sp³-hybridized carbons (Fsp3) is 0.400. The van der Waals surface area contributed by atoms with Crippen LogP contribution in [0.25, 0.3) is 0 Å². The van der Waals surface area contributed by atoms with Crippen molar-refractivity contribution >= 4 is 17.7 Å². The highest BCUT2D eigenvalue weighted by Crippen LogP contribution is 2.34. The molecule has 2 unspecified atom stereocenters. The molecular formula is C15H16N2O3. The molecule has 0 N–H and O–H groups in total. The number of hydrogen-bond acceptors (Lipinski definition) is 4. The van der Waals surface area contributed by atoms with E-state index < -0.39 is 5.91 Å². The molecule has 5 heteroatoms. The summed E-state index contributed by atoms with van der Waals surface area (Å²) in [7, 11) is 0. The van der Waals surface area contributed by atoms with E-state index in [-0.39, 0.29) is 23.7 Å². The van der Waals surface area contributed by atoms with Crippen LogP contribution in [-0.4, -0.2) is 40.6 Å². The van der Waals surface area contributed by atoms with Gasteiger partial charge in [0.2, 0.25) is 17.7 Å². The molecule has 3 rings (SSSR count). The van der Waals surface area contributed by atoms with Gasteiger partial charge in [-0.05, 0) is 5.56 Å². The Balaban J connectivity index is 1.72. The Morgan fingerprint density at radius 2 is 1.65 bits per heavy atom. The van der Waals surface area contributed by atoms with E-state index in [0.29, 0.717) is 13.1 Å². The van der Waals surface area contributed by atoms with Crippen LogP contribution in [0.5, 0.6) is 0 Å². The molecule has 1 aromatic carbocycles. The van der Waals surface area contributed by atoms with E-state index in [4.69, 9.17) is 0 Å². The Morgan fingerprint density at radius 3 is 2.15 bits per heavy atom. The molecule has 104 valence electrons. The number of benzene rings is 1. The molecular weight excluding hydrogens is 256 g/mol. The number of carbonyl (C=O) groups is 3. The van der Waals surface area contributed by atoms with Gasteiger partial charge in [0, 0.05) is 26.6 Å². The number of hydrogen-bond donors (Lipinski definition) is 0. The molecule has 0 radical (unpaired) electrons. The van der Waals surface area contributed by atoms with Gasteiger partial charge < -0.3 is 0 Å². The van der Waals surface area contributed by atoms with Gasteiger partial charge >= 0.3 is 0 Å². The molecule has 0 aromatic heterocycles. The summed E-state index contributed by atoms with van der Waals surface area (Å²) < 4.78 is 0. The van der Waals surface area contributed by atoms with Crippen molar-refractivity contribution in [2.45, 2.75) is 13.5 Å².